The van der Waals surface area contributed by atoms with Gasteiger partial charge < -0.3 is 14.1 Å². The molecule has 2 saturated heterocycles. The Labute approximate surface area is 186 Å². The summed E-state index contributed by atoms with van der Waals surface area (Å²) in [5, 5.41) is 0. The Bertz CT molecular complexity index is 1200. The molecule has 1 unspecified atom stereocenters. The van der Waals surface area contributed by atoms with E-state index in [0.29, 0.717) is 50.8 Å². The molecule has 2 aliphatic heterocycles. The quantitative estimate of drug-likeness (QED) is 0.601. The molecule has 0 spiro atoms. The van der Waals surface area contributed by atoms with Crippen molar-refractivity contribution in [2.24, 2.45) is 0 Å². The lowest BCUT2D eigenvalue weighted by Crippen LogP contribution is -2.41. The van der Waals surface area contributed by atoms with Crippen LogP contribution < -0.4 is 0 Å². The molecule has 1 atom stereocenters. The fourth-order valence-corrected chi connectivity index (χ4v) is 5.79. The van der Waals surface area contributed by atoms with Crippen molar-refractivity contribution in [3.63, 3.8) is 0 Å². The number of nitrogens with zero attached hydrogens (tertiary/aromatic N) is 3. The maximum absolute atomic E-state index is 13.3. The van der Waals surface area contributed by atoms with Crippen molar-refractivity contribution < 1.29 is 22.4 Å². The van der Waals surface area contributed by atoms with Crippen molar-refractivity contribution >= 4 is 27.0 Å². The van der Waals surface area contributed by atoms with Crippen molar-refractivity contribution in [1.82, 2.24) is 14.2 Å². The molecule has 32 heavy (non-hydrogen) atoms. The van der Waals surface area contributed by atoms with Gasteiger partial charge in [-0.15, -0.1) is 0 Å². The molecule has 3 aromatic rings. The van der Waals surface area contributed by atoms with E-state index in [9.17, 15) is 13.2 Å². The summed E-state index contributed by atoms with van der Waals surface area (Å²) in [5.74, 6) is 0.484. The molecule has 2 aliphatic rings. The predicted molar refractivity (Wildman–Crippen MR) is 118 cm³/mol. The number of hydrogen-bond donors (Lipinski definition) is 0. The third kappa shape index (κ3) is 4.03. The highest BCUT2D eigenvalue weighted by atomic mass is 32.2. The number of fused-ring (bicyclic) bond motifs is 1. The Morgan fingerprint density at radius 3 is 2.66 bits per heavy atom. The van der Waals surface area contributed by atoms with Crippen molar-refractivity contribution in [3.05, 3.63) is 60.0 Å². The van der Waals surface area contributed by atoms with E-state index in [-0.39, 0.29) is 16.7 Å². The second-order valence-corrected chi connectivity index (χ2v) is 10.1. The molecule has 2 aromatic carbocycles. The molecule has 5 rings (SSSR count). The van der Waals surface area contributed by atoms with Crippen LogP contribution in [0.15, 0.2) is 57.8 Å². The van der Waals surface area contributed by atoms with Crippen LogP contribution in [0.3, 0.4) is 0 Å². The van der Waals surface area contributed by atoms with Gasteiger partial charge in [0.25, 0.3) is 5.91 Å². The number of oxazole rings is 1. The van der Waals surface area contributed by atoms with Gasteiger partial charge in [0.15, 0.2) is 11.5 Å². The minimum absolute atomic E-state index is 0.0142. The number of para-hydroxylation sites is 2. The summed E-state index contributed by atoms with van der Waals surface area (Å²) in [5.41, 5.74) is 1.93. The van der Waals surface area contributed by atoms with Gasteiger partial charge in [-0.05, 0) is 43.2 Å². The Kier molecular flexibility index (Phi) is 5.71. The zero-order chi connectivity index (χ0) is 22.1. The van der Waals surface area contributed by atoms with E-state index >= 15 is 0 Å². The topological polar surface area (TPSA) is 93.0 Å². The number of carbonyl (C=O) groups excluding carboxylic acids is 1. The lowest BCUT2D eigenvalue weighted by molar-refractivity contribution is 0.0698. The van der Waals surface area contributed by atoms with Crippen LogP contribution in [0.4, 0.5) is 0 Å². The van der Waals surface area contributed by atoms with Crippen LogP contribution in [0.1, 0.15) is 35.0 Å². The zero-order valence-electron chi connectivity index (χ0n) is 17.6. The molecule has 9 heteroatoms. The van der Waals surface area contributed by atoms with Crippen LogP contribution >= 0.6 is 0 Å². The second kappa shape index (κ2) is 8.65. The third-order valence-corrected chi connectivity index (χ3v) is 7.95. The lowest BCUT2D eigenvalue weighted by Gasteiger charge is -2.31. The van der Waals surface area contributed by atoms with E-state index in [4.69, 9.17) is 9.15 Å². The summed E-state index contributed by atoms with van der Waals surface area (Å²) in [7, 11) is -3.66. The molecule has 0 saturated carbocycles. The third-order valence-electron chi connectivity index (χ3n) is 6.06. The zero-order valence-corrected chi connectivity index (χ0v) is 18.5. The minimum atomic E-state index is -3.66. The molecule has 3 heterocycles. The van der Waals surface area contributed by atoms with Crippen LogP contribution in [0.2, 0.25) is 0 Å². The van der Waals surface area contributed by atoms with Gasteiger partial charge in [-0.25, -0.2) is 13.4 Å². The number of carbonyl (C=O) groups is 1. The Balaban J connectivity index is 1.35. The van der Waals surface area contributed by atoms with Crippen molar-refractivity contribution in [2.75, 3.05) is 39.4 Å². The van der Waals surface area contributed by atoms with E-state index < -0.39 is 10.0 Å². The van der Waals surface area contributed by atoms with Gasteiger partial charge in [-0.3, -0.25) is 4.79 Å². The Morgan fingerprint density at radius 1 is 1.03 bits per heavy atom. The van der Waals surface area contributed by atoms with Gasteiger partial charge in [-0.2, -0.15) is 4.31 Å². The first-order chi connectivity index (χ1) is 15.5. The van der Waals surface area contributed by atoms with Gasteiger partial charge in [0.1, 0.15) is 5.52 Å². The Hall–Kier alpha value is -2.75. The van der Waals surface area contributed by atoms with Gasteiger partial charge in [0, 0.05) is 31.7 Å². The molecule has 0 bridgehead atoms. The minimum Gasteiger partial charge on any atom is -0.440 e. The summed E-state index contributed by atoms with van der Waals surface area (Å²) >= 11 is 0. The van der Waals surface area contributed by atoms with E-state index in [2.05, 4.69) is 4.98 Å². The van der Waals surface area contributed by atoms with Gasteiger partial charge in [0.05, 0.1) is 24.0 Å². The fourth-order valence-electron chi connectivity index (χ4n) is 4.34. The maximum Gasteiger partial charge on any atom is 0.253 e. The van der Waals surface area contributed by atoms with Crippen LogP contribution in [0, 0.1) is 0 Å². The molecule has 1 amide bonds. The number of rotatable bonds is 4. The maximum atomic E-state index is 13.3. The molecular weight excluding hydrogens is 430 g/mol. The van der Waals surface area contributed by atoms with E-state index in [1.54, 1.807) is 23.1 Å². The van der Waals surface area contributed by atoms with Gasteiger partial charge >= 0.3 is 0 Å². The molecule has 0 N–H and O–H groups in total. The smallest absolute Gasteiger partial charge is 0.253 e. The summed E-state index contributed by atoms with van der Waals surface area (Å²) < 4.78 is 38.6. The molecular formula is C23H25N3O5S. The van der Waals surface area contributed by atoms with Crippen LogP contribution in [-0.2, 0) is 14.8 Å². The predicted octanol–water partition coefficient (Wildman–Crippen LogP) is 2.87. The number of likely N-dealkylation sites (tertiary alicyclic amines) is 1. The summed E-state index contributed by atoms with van der Waals surface area (Å²) in [6.07, 6.45) is 1.73. The highest BCUT2D eigenvalue weighted by molar-refractivity contribution is 7.89. The molecule has 0 aliphatic carbocycles. The largest absolute Gasteiger partial charge is 0.440 e. The highest BCUT2D eigenvalue weighted by Gasteiger charge is 2.30. The summed E-state index contributed by atoms with van der Waals surface area (Å²) in [6.45, 7) is 2.51. The van der Waals surface area contributed by atoms with E-state index in [1.807, 2.05) is 24.3 Å². The number of hydrogen-bond acceptors (Lipinski definition) is 6. The number of morpholine rings is 1. The number of ether oxygens (including phenoxy) is 1. The van der Waals surface area contributed by atoms with Crippen LogP contribution in [0.5, 0.6) is 0 Å². The Morgan fingerprint density at radius 2 is 1.84 bits per heavy atom. The molecule has 8 nitrogen and oxygen atoms in total. The van der Waals surface area contributed by atoms with E-state index in [0.717, 1.165) is 23.9 Å². The summed E-state index contributed by atoms with van der Waals surface area (Å²) in [6, 6.07) is 13.9. The molecule has 0 radical (unpaired) electrons. The van der Waals surface area contributed by atoms with E-state index in [1.165, 1.54) is 10.4 Å². The first-order valence-electron chi connectivity index (χ1n) is 10.8. The monoisotopic (exact) mass is 455 g/mol. The number of amides is 1. The number of piperidine rings is 1. The molecule has 2 fully saturated rings. The van der Waals surface area contributed by atoms with Crippen molar-refractivity contribution in [2.45, 2.75) is 23.7 Å². The average molecular weight is 456 g/mol. The summed E-state index contributed by atoms with van der Waals surface area (Å²) in [4.78, 5) is 19.8. The van der Waals surface area contributed by atoms with Gasteiger partial charge in [0.2, 0.25) is 10.0 Å². The fraction of sp³-hybridized carbons (Fsp3) is 0.391. The average Bonchev–Trinajstić information content (AvgIpc) is 3.29. The number of benzene rings is 2. The lowest BCUT2D eigenvalue weighted by atomic mass is 9.97. The van der Waals surface area contributed by atoms with Crippen molar-refractivity contribution in [3.8, 4) is 0 Å². The highest BCUT2D eigenvalue weighted by Crippen LogP contribution is 2.30. The van der Waals surface area contributed by atoms with Crippen LogP contribution in [-0.4, -0.2) is 67.9 Å². The first kappa shape index (κ1) is 21.1. The number of aromatic nitrogens is 1. The molecule has 1 aromatic heterocycles. The van der Waals surface area contributed by atoms with Crippen LogP contribution in [0.25, 0.3) is 11.1 Å². The van der Waals surface area contributed by atoms with Gasteiger partial charge in [-0.1, -0.05) is 18.2 Å². The second-order valence-electron chi connectivity index (χ2n) is 8.15. The SMILES string of the molecule is O=C(c1cccc(S(=O)(=O)N2CCOCC2)c1)N1CCCC(c2nc3ccccc3o2)C1. The number of sulfonamides is 1. The molecule has 168 valence electrons. The first-order valence-corrected chi connectivity index (χ1v) is 12.3. The normalized spacial score (nSPS) is 20.5. The van der Waals surface area contributed by atoms with Crippen molar-refractivity contribution in [1.29, 1.82) is 0 Å². The standard InChI is InChI=1S/C23H25N3O5S/c27-23(17-5-3-7-19(15-17)32(28,29)26-11-13-30-14-12-26)25-10-4-6-18(16-25)22-24-20-8-1-2-9-21(20)31-22/h1-3,5,7-9,15,18H,4,6,10-14,16H2.